The Morgan fingerprint density at radius 2 is 1.92 bits per heavy atom. The van der Waals surface area contributed by atoms with Gasteiger partial charge in [-0.25, -0.2) is 0 Å². The molecule has 0 heterocycles. The molecular weight excluding hydrogens is 150 g/mol. The van der Waals surface area contributed by atoms with Crippen LogP contribution < -0.4 is 0 Å². The van der Waals surface area contributed by atoms with E-state index in [4.69, 9.17) is 0 Å². The summed E-state index contributed by atoms with van der Waals surface area (Å²) in [5.41, 5.74) is 0. The number of hydrogen-bond donors (Lipinski definition) is 0. The van der Waals surface area contributed by atoms with Gasteiger partial charge in [-0.15, -0.1) is 0 Å². The number of rotatable bonds is 2. The largest absolute Gasteiger partial charge is 0.301 e. The number of ketones is 1. The maximum Gasteiger partial charge on any atom is 0.132 e. The van der Waals surface area contributed by atoms with E-state index in [0.717, 1.165) is 25.7 Å². The maximum absolute atomic E-state index is 11.0. The Bertz CT molecular complexity index is 178. The first kappa shape index (κ1) is 9.43. The molecule has 1 saturated carbocycles. The second-order valence-corrected chi connectivity index (χ2v) is 3.63. The van der Waals surface area contributed by atoms with Crippen LogP contribution in [0.4, 0.5) is 0 Å². The fourth-order valence-electron chi connectivity index (χ4n) is 1.89. The van der Waals surface area contributed by atoms with E-state index in [2.05, 4.69) is 4.99 Å². The Balaban J connectivity index is 2.34. The van der Waals surface area contributed by atoms with Crippen LogP contribution in [-0.4, -0.2) is 19.0 Å². The first-order valence-corrected chi connectivity index (χ1v) is 4.66. The number of carbonyl (C=O) groups is 1. The summed E-state index contributed by atoms with van der Waals surface area (Å²) in [5.74, 6) is 1.33. The zero-order valence-electron chi connectivity index (χ0n) is 7.92. The Morgan fingerprint density at radius 1 is 1.33 bits per heavy atom. The second-order valence-electron chi connectivity index (χ2n) is 3.63. The summed E-state index contributed by atoms with van der Waals surface area (Å²) in [6.07, 6.45) is 6.43. The molecule has 0 atom stereocenters. The quantitative estimate of drug-likeness (QED) is 0.579. The van der Waals surface area contributed by atoms with Gasteiger partial charge in [0.2, 0.25) is 0 Å². The molecule has 12 heavy (non-hydrogen) atoms. The third kappa shape index (κ3) is 2.43. The Labute approximate surface area is 74.1 Å². The van der Waals surface area contributed by atoms with Crippen molar-refractivity contribution < 1.29 is 4.79 Å². The van der Waals surface area contributed by atoms with Gasteiger partial charge in [0.15, 0.2) is 0 Å². The number of nitrogens with zero attached hydrogens (tertiary/aromatic N) is 1. The molecule has 0 aromatic heterocycles. The SMILES string of the molecule is CN=CC1CCC(C(C)=O)CC1. The van der Waals surface area contributed by atoms with Gasteiger partial charge in [0, 0.05) is 19.2 Å². The van der Waals surface area contributed by atoms with E-state index in [0.29, 0.717) is 17.6 Å². The van der Waals surface area contributed by atoms with Crippen molar-refractivity contribution in [2.75, 3.05) is 7.05 Å². The van der Waals surface area contributed by atoms with Gasteiger partial charge in [-0.1, -0.05) is 0 Å². The highest BCUT2D eigenvalue weighted by Gasteiger charge is 2.22. The van der Waals surface area contributed by atoms with Gasteiger partial charge in [0.25, 0.3) is 0 Å². The lowest BCUT2D eigenvalue weighted by atomic mass is 9.81. The van der Waals surface area contributed by atoms with E-state index < -0.39 is 0 Å². The van der Waals surface area contributed by atoms with Gasteiger partial charge in [-0.2, -0.15) is 0 Å². The van der Waals surface area contributed by atoms with Gasteiger partial charge in [-0.3, -0.25) is 4.79 Å². The molecule has 0 amide bonds. The molecule has 2 heteroatoms. The van der Waals surface area contributed by atoms with E-state index in [1.807, 2.05) is 13.3 Å². The molecule has 1 fully saturated rings. The molecule has 0 spiro atoms. The van der Waals surface area contributed by atoms with Crippen LogP contribution in [0.3, 0.4) is 0 Å². The van der Waals surface area contributed by atoms with Crippen molar-refractivity contribution in [2.24, 2.45) is 16.8 Å². The van der Waals surface area contributed by atoms with Gasteiger partial charge < -0.3 is 4.99 Å². The van der Waals surface area contributed by atoms with Crippen molar-refractivity contribution in [3.63, 3.8) is 0 Å². The number of carbonyl (C=O) groups excluding carboxylic acids is 1. The van der Waals surface area contributed by atoms with E-state index in [-0.39, 0.29) is 0 Å². The summed E-state index contributed by atoms with van der Waals surface area (Å²) in [6.45, 7) is 1.71. The van der Waals surface area contributed by atoms with Crippen molar-refractivity contribution in [3.8, 4) is 0 Å². The molecule has 0 N–H and O–H groups in total. The van der Waals surface area contributed by atoms with Gasteiger partial charge >= 0.3 is 0 Å². The lowest BCUT2D eigenvalue weighted by molar-refractivity contribution is -0.121. The van der Waals surface area contributed by atoms with Crippen LogP contribution >= 0.6 is 0 Å². The van der Waals surface area contributed by atoms with Crippen molar-refractivity contribution in [3.05, 3.63) is 0 Å². The predicted octanol–water partition coefficient (Wildman–Crippen LogP) is 2.08. The first-order valence-electron chi connectivity index (χ1n) is 4.66. The van der Waals surface area contributed by atoms with Crippen molar-refractivity contribution in [1.29, 1.82) is 0 Å². The highest BCUT2D eigenvalue weighted by Crippen LogP contribution is 2.27. The van der Waals surface area contributed by atoms with E-state index in [1.54, 1.807) is 6.92 Å². The van der Waals surface area contributed by atoms with E-state index in [9.17, 15) is 4.79 Å². The van der Waals surface area contributed by atoms with Crippen LogP contribution in [0.1, 0.15) is 32.6 Å². The average molecular weight is 167 g/mol. The summed E-state index contributed by atoms with van der Waals surface area (Å²) < 4.78 is 0. The third-order valence-corrected chi connectivity index (χ3v) is 2.71. The van der Waals surface area contributed by atoms with Crippen LogP contribution in [0.15, 0.2) is 4.99 Å². The van der Waals surface area contributed by atoms with Crippen LogP contribution in [0, 0.1) is 11.8 Å². The van der Waals surface area contributed by atoms with Gasteiger partial charge in [0.1, 0.15) is 5.78 Å². The molecule has 0 saturated heterocycles. The number of hydrogen-bond acceptors (Lipinski definition) is 2. The minimum Gasteiger partial charge on any atom is -0.301 e. The molecular formula is C10H17NO. The van der Waals surface area contributed by atoms with Crippen LogP contribution in [0.2, 0.25) is 0 Å². The second kappa shape index (κ2) is 4.39. The molecule has 0 radical (unpaired) electrons. The molecule has 1 aliphatic rings. The van der Waals surface area contributed by atoms with Crippen LogP contribution in [0.5, 0.6) is 0 Å². The Kier molecular flexibility index (Phi) is 3.45. The topological polar surface area (TPSA) is 29.4 Å². The van der Waals surface area contributed by atoms with Crippen molar-refractivity contribution in [2.45, 2.75) is 32.6 Å². The summed E-state index contributed by atoms with van der Waals surface area (Å²) in [6, 6.07) is 0. The number of aliphatic imine (C=N–C) groups is 1. The number of Topliss-reactive ketones (excluding diaryl/α,β-unsaturated/α-hetero) is 1. The molecule has 1 aliphatic carbocycles. The minimum absolute atomic E-state index is 0.339. The zero-order valence-corrected chi connectivity index (χ0v) is 7.92. The molecule has 0 aromatic rings. The molecule has 0 bridgehead atoms. The third-order valence-electron chi connectivity index (χ3n) is 2.71. The van der Waals surface area contributed by atoms with Crippen molar-refractivity contribution >= 4 is 12.0 Å². The normalized spacial score (nSPS) is 30.8. The minimum atomic E-state index is 0.339. The molecule has 0 unspecified atom stereocenters. The van der Waals surface area contributed by atoms with Gasteiger partial charge in [-0.05, 0) is 38.5 Å². The summed E-state index contributed by atoms with van der Waals surface area (Å²) in [5, 5.41) is 0. The monoisotopic (exact) mass is 167 g/mol. The van der Waals surface area contributed by atoms with Crippen molar-refractivity contribution in [1.82, 2.24) is 0 Å². The Morgan fingerprint density at radius 3 is 2.33 bits per heavy atom. The first-order chi connectivity index (χ1) is 5.74. The van der Waals surface area contributed by atoms with Crippen LogP contribution in [0.25, 0.3) is 0 Å². The maximum atomic E-state index is 11.0. The molecule has 68 valence electrons. The summed E-state index contributed by atoms with van der Waals surface area (Å²) in [4.78, 5) is 15.0. The molecule has 0 aliphatic heterocycles. The summed E-state index contributed by atoms with van der Waals surface area (Å²) in [7, 11) is 1.82. The lowest BCUT2D eigenvalue weighted by Crippen LogP contribution is -2.20. The zero-order chi connectivity index (χ0) is 8.97. The predicted molar refractivity (Wildman–Crippen MR) is 50.5 cm³/mol. The average Bonchev–Trinajstić information content (AvgIpc) is 2.06. The lowest BCUT2D eigenvalue weighted by Gasteiger charge is -2.23. The van der Waals surface area contributed by atoms with E-state index in [1.165, 1.54) is 0 Å². The Hall–Kier alpha value is -0.660. The standard InChI is InChI=1S/C10H17NO/c1-8(12)10-5-3-9(4-6-10)7-11-2/h7,9-10H,3-6H2,1-2H3. The fraction of sp³-hybridized carbons (Fsp3) is 0.800. The fourth-order valence-corrected chi connectivity index (χ4v) is 1.89. The molecule has 1 rings (SSSR count). The summed E-state index contributed by atoms with van der Waals surface area (Å²) >= 11 is 0. The highest BCUT2D eigenvalue weighted by molar-refractivity contribution is 5.78. The highest BCUT2D eigenvalue weighted by atomic mass is 16.1. The van der Waals surface area contributed by atoms with Crippen LogP contribution in [-0.2, 0) is 4.79 Å². The van der Waals surface area contributed by atoms with Gasteiger partial charge in [0.05, 0.1) is 0 Å². The molecule has 2 nitrogen and oxygen atoms in total. The molecule has 0 aromatic carbocycles. The van der Waals surface area contributed by atoms with E-state index >= 15 is 0 Å². The smallest absolute Gasteiger partial charge is 0.132 e.